The van der Waals surface area contributed by atoms with E-state index in [0.717, 1.165) is 17.7 Å². The Balaban J connectivity index is 2.63. The number of benzene rings is 1. The Labute approximate surface area is 98.3 Å². The number of hydrogen-bond donors (Lipinski definition) is 1. The third kappa shape index (κ3) is 4.23. The second kappa shape index (κ2) is 5.90. The lowest BCUT2D eigenvalue weighted by Crippen LogP contribution is -2.06. The number of aliphatic hydroxyl groups is 1. The van der Waals surface area contributed by atoms with Gasteiger partial charge in [0.05, 0.1) is 12.2 Å². The van der Waals surface area contributed by atoms with E-state index in [0.29, 0.717) is 5.92 Å². The normalized spacial score (nSPS) is 13.2. The van der Waals surface area contributed by atoms with Crippen LogP contribution in [0.4, 0.5) is 0 Å². The smallest absolute Gasteiger partial charge is 0.119 e. The molecule has 1 aromatic carbocycles. The summed E-state index contributed by atoms with van der Waals surface area (Å²) in [4.78, 5) is 0. The Kier molecular flexibility index (Phi) is 4.81. The molecule has 1 aromatic rings. The molecule has 1 atom stereocenters. The summed E-state index contributed by atoms with van der Waals surface area (Å²) in [6, 6.07) is 7.70. The summed E-state index contributed by atoms with van der Waals surface area (Å²) in [5, 5.41) is 9.92. The van der Waals surface area contributed by atoms with Gasteiger partial charge in [0.2, 0.25) is 0 Å². The Bertz CT molecular complexity index is 301. The highest BCUT2D eigenvalue weighted by Crippen LogP contribution is 2.23. The second-order valence-corrected chi connectivity index (χ2v) is 4.88. The van der Waals surface area contributed by atoms with Crippen LogP contribution in [-0.4, -0.2) is 11.2 Å². The third-order valence-electron chi connectivity index (χ3n) is 2.33. The predicted molar refractivity (Wildman–Crippen MR) is 66.6 cm³/mol. The first-order valence-corrected chi connectivity index (χ1v) is 5.93. The minimum absolute atomic E-state index is 0.187. The van der Waals surface area contributed by atoms with E-state index < -0.39 is 0 Å². The Morgan fingerprint density at radius 2 is 1.62 bits per heavy atom. The van der Waals surface area contributed by atoms with Crippen molar-refractivity contribution in [3.63, 3.8) is 0 Å². The summed E-state index contributed by atoms with van der Waals surface area (Å²) in [5.74, 6) is 1.36. The van der Waals surface area contributed by atoms with E-state index in [1.807, 2.05) is 38.1 Å². The third-order valence-corrected chi connectivity index (χ3v) is 2.33. The average Bonchev–Trinajstić information content (AvgIpc) is 2.16. The monoisotopic (exact) mass is 222 g/mol. The van der Waals surface area contributed by atoms with Gasteiger partial charge in [-0.15, -0.1) is 0 Å². The molecule has 0 amide bonds. The van der Waals surface area contributed by atoms with Crippen LogP contribution in [-0.2, 0) is 0 Å². The van der Waals surface area contributed by atoms with Gasteiger partial charge < -0.3 is 9.84 Å². The highest BCUT2D eigenvalue weighted by Gasteiger charge is 2.09. The number of hydrogen-bond acceptors (Lipinski definition) is 2. The van der Waals surface area contributed by atoms with Crippen LogP contribution >= 0.6 is 0 Å². The van der Waals surface area contributed by atoms with Gasteiger partial charge in [-0.1, -0.05) is 26.0 Å². The molecule has 0 aliphatic heterocycles. The van der Waals surface area contributed by atoms with Crippen molar-refractivity contribution in [3.8, 4) is 5.75 Å². The molecule has 0 aliphatic rings. The molecule has 0 bridgehead atoms. The minimum atomic E-state index is -0.368. The van der Waals surface area contributed by atoms with Crippen molar-refractivity contribution in [2.75, 3.05) is 0 Å². The molecule has 0 heterocycles. The molecule has 0 saturated heterocycles. The van der Waals surface area contributed by atoms with Gasteiger partial charge in [-0.25, -0.2) is 0 Å². The molecule has 16 heavy (non-hydrogen) atoms. The summed E-state index contributed by atoms with van der Waals surface area (Å²) in [6.45, 7) is 8.22. The van der Waals surface area contributed by atoms with Crippen LogP contribution in [0.3, 0.4) is 0 Å². The van der Waals surface area contributed by atoms with Gasteiger partial charge in [-0.2, -0.15) is 0 Å². The number of aliphatic hydroxyl groups excluding tert-OH is 1. The predicted octanol–water partition coefficient (Wildman–Crippen LogP) is 3.55. The van der Waals surface area contributed by atoms with Gasteiger partial charge >= 0.3 is 0 Å². The zero-order valence-electron chi connectivity index (χ0n) is 10.6. The maximum absolute atomic E-state index is 9.92. The van der Waals surface area contributed by atoms with Gasteiger partial charge in [0, 0.05) is 0 Å². The summed E-state index contributed by atoms with van der Waals surface area (Å²) in [6.07, 6.45) is 0.615. The fraction of sp³-hybridized carbons (Fsp3) is 0.571. The molecule has 0 aliphatic carbocycles. The van der Waals surface area contributed by atoms with E-state index in [9.17, 15) is 5.11 Å². The van der Waals surface area contributed by atoms with Crippen molar-refractivity contribution in [1.29, 1.82) is 0 Å². The molecule has 2 nitrogen and oxygen atoms in total. The van der Waals surface area contributed by atoms with Gasteiger partial charge in [-0.05, 0) is 43.9 Å². The SMILES string of the molecule is CC(C)CC(O)c1ccc(OC(C)C)cc1. The van der Waals surface area contributed by atoms with Crippen LogP contribution in [0.25, 0.3) is 0 Å². The molecule has 1 N–H and O–H groups in total. The number of rotatable bonds is 5. The second-order valence-electron chi connectivity index (χ2n) is 4.88. The van der Waals surface area contributed by atoms with Crippen LogP contribution < -0.4 is 4.74 Å². The van der Waals surface area contributed by atoms with Crippen molar-refractivity contribution < 1.29 is 9.84 Å². The molecule has 2 heteroatoms. The van der Waals surface area contributed by atoms with Crippen LogP contribution in [0.2, 0.25) is 0 Å². The maximum atomic E-state index is 9.92. The van der Waals surface area contributed by atoms with Crippen LogP contribution in [0, 0.1) is 5.92 Å². The van der Waals surface area contributed by atoms with E-state index in [1.54, 1.807) is 0 Å². The molecular formula is C14H22O2. The first kappa shape index (κ1) is 13.0. The Hall–Kier alpha value is -1.02. The van der Waals surface area contributed by atoms with Gasteiger partial charge in [0.1, 0.15) is 5.75 Å². The molecule has 0 saturated carbocycles. The van der Waals surface area contributed by atoms with Crippen LogP contribution in [0.5, 0.6) is 5.75 Å². The lowest BCUT2D eigenvalue weighted by molar-refractivity contribution is 0.151. The summed E-state index contributed by atoms with van der Waals surface area (Å²) < 4.78 is 5.55. The van der Waals surface area contributed by atoms with Crippen molar-refractivity contribution >= 4 is 0 Å². The van der Waals surface area contributed by atoms with Gasteiger partial charge in [0.25, 0.3) is 0 Å². The van der Waals surface area contributed by atoms with E-state index in [-0.39, 0.29) is 12.2 Å². The van der Waals surface area contributed by atoms with Crippen molar-refractivity contribution in [1.82, 2.24) is 0 Å². The molecule has 0 fully saturated rings. The standard InChI is InChI=1S/C14H22O2/c1-10(2)9-14(15)12-5-7-13(8-6-12)16-11(3)4/h5-8,10-11,14-15H,9H2,1-4H3. The summed E-state index contributed by atoms with van der Waals surface area (Å²) >= 11 is 0. The fourth-order valence-electron chi connectivity index (χ4n) is 1.62. The maximum Gasteiger partial charge on any atom is 0.119 e. The summed E-state index contributed by atoms with van der Waals surface area (Å²) in [5.41, 5.74) is 0.963. The molecule has 0 radical (unpaired) electrons. The summed E-state index contributed by atoms with van der Waals surface area (Å²) in [7, 11) is 0. The van der Waals surface area contributed by atoms with E-state index in [2.05, 4.69) is 13.8 Å². The van der Waals surface area contributed by atoms with Crippen LogP contribution in [0.1, 0.15) is 45.8 Å². The van der Waals surface area contributed by atoms with Crippen LogP contribution in [0.15, 0.2) is 24.3 Å². The highest BCUT2D eigenvalue weighted by atomic mass is 16.5. The highest BCUT2D eigenvalue weighted by molar-refractivity contribution is 5.28. The minimum Gasteiger partial charge on any atom is -0.491 e. The van der Waals surface area contributed by atoms with Gasteiger partial charge in [0.15, 0.2) is 0 Å². The molecular weight excluding hydrogens is 200 g/mol. The van der Waals surface area contributed by atoms with E-state index in [4.69, 9.17) is 4.74 Å². The largest absolute Gasteiger partial charge is 0.491 e. The first-order chi connectivity index (χ1) is 7.49. The molecule has 1 unspecified atom stereocenters. The van der Waals surface area contributed by atoms with E-state index in [1.165, 1.54) is 0 Å². The topological polar surface area (TPSA) is 29.5 Å². The van der Waals surface area contributed by atoms with Crippen molar-refractivity contribution in [2.24, 2.45) is 5.92 Å². The molecule has 90 valence electrons. The quantitative estimate of drug-likeness (QED) is 0.825. The van der Waals surface area contributed by atoms with Crippen molar-refractivity contribution in [3.05, 3.63) is 29.8 Å². The van der Waals surface area contributed by atoms with E-state index >= 15 is 0 Å². The average molecular weight is 222 g/mol. The molecule has 1 rings (SSSR count). The van der Waals surface area contributed by atoms with Crippen molar-refractivity contribution in [2.45, 2.75) is 46.3 Å². The molecule has 0 aromatic heterocycles. The lowest BCUT2D eigenvalue weighted by atomic mass is 10.00. The first-order valence-electron chi connectivity index (χ1n) is 5.93. The fourth-order valence-corrected chi connectivity index (χ4v) is 1.62. The Morgan fingerprint density at radius 3 is 2.06 bits per heavy atom. The lowest BCUT2D eigenvalue weighted by Gasteiger charge is -2.14. The van der Waals surface area contributed by atoms with Gasteiger partial charge in [-0.3, -0.25) is 0 Å². The Morgan fingerprint density at radius 1 is 1.06 bits per heavy atom. The zero-order valence-corrected chi connectivity index (χ0v) is 10.6. The molecule has 0 spiro atoms. The zero-order chi connectivity index (χ0) is 12.1. The number of ether oxygens (including phenoxy) is 1.